The Labute approximate surface area is 163 Å². The fourth-order valence-electron chi connectivity index (χ4n) is 3.88. The maximum atomic E-state index is 13.3. The minimum Gasteiger partial charge on any atom is -0.496 e. The Bertz CT molecular complexity index is 857. The van der Waals surface area contributed by atoms with Gasteiger partial charge in [-0.25, -0.2) is 9.18 Å². The number of carbonyl (C=O) groups excluding carboxylic acids is 2. The van der Waals surface area contributed by atoms with Gasteiger partial charge in [-0.05, 0) is 48.2 Å². The van der Waals surface area contributed by atoms with Crippen molar-refractivity contribution in [3.8, 4) is 5.75 Å². The van der Waals surface area contributed by atoms with E-state index < -0.39 is 11.4 Å². The monoisotopic (exact) mass is 385 g/mol. The first kappa shape index (κ1) is 19.9. The molecule has 1 aliphatic carbocycles. The largest absolute Gasteiger partial charge is 0.496 e. The van der Waals surface area contributed by atoms with Crippen molar-refractivity contribution in [1.82, 2.24) is 5.32 Å². The molecule has 6 heteroatoms. The Morgan fingerprint density at radius 1 is 1.07 bits per heavy atom. The second-order valence-corrected chi connectivity index (χ2v) is 7.01. The molecule has 28 heavy (non-hydrogen) atoms. The summed E-state index contributed by atoms with van der Waals surface area (Å²) >= 11 is 0. The summed E-state index contributed by atoms with van der Waals surface area (Å²) in [6.07, 6.45) is 3.39. The maximum Gasteiger partial charge on any atom is 0.341 e. The van der Waals surface area contributed by atoms with E-state index in [1.54, 1.807) is 30.3 Å². The zero-order valence-corrected chi connectivity index (χ0v) is 16.1. The van der Waals surface area contributed by atoms with Gasteiger partial charge in [0, 0.05) is 6.54 Å². The molecule has 0 saturated heterocycles. The standard InChI is InChI=1S/C22H24FNO4/c1-27-19-10-5-15(13-18(19)20(25)28-2)14-24-21(26)22(11-3-4-12-22)16-6-8-17(23)9-7-16/h5-10,13H,3-4,11-12,14H2,1-2H3,(H,24,26). The third-order valence-corrected chi connectivity index (χ3v) is 5.41. The van der Waals surface area contributed by atoms with Gasteiger partial charge in [0.05, 0.1) is 19.6 Å². The summed E-state index contributed by atoms with van der Waals surface area (Å²) in [5.74, 6) is -0.470. The third-order valence-electron chi connectivity index (χ3n) is 5.41. The fourth-order valence-corrected chi connectivity index (χ4v) is 3.88. The Balaban J connectivity index is 1.78. The van der Waals surface area contributed by atoms with Crippen molar-refractivity contribution in [2.24, 2.45) is 0 Å². The molecule has 0 bridgehead atoms. The highest BCUT2D eigenvalue weighted by Crippen LogP contribution is 2.41. The second-order valence-electron chi connectivity index (χ2n) is 7.01. The molecule has 1 saturated carbocycles. The Hall–Kier alpha value is -2.89. The van der Waals surface area contributed by atoms with Gasteiger partial charge < -0.3 is 14.8 Å². The Morgan fingerprint density at radius 3 is 2.36 bits per heavy atom. The van der Waals surface area contributed by atoms with Gasteiger partial charge in [0.25, 0.3) is 0 Å². The number of ether oxygens (including phenoxy) is 2. The van der Waals surface area contributed by atoms with E-state index in [4.69, 9.17) is 9.47 Å². The number of rotatable bonds is 6. The predicted molar refractivity (Wildman–Crippen MR) is 103 cm³/mol. The summed E-state index contributed by atoms with van der Waals surface area (Å²) < 4.78 is 23.3. The van der Waals surface area contributed by atoms with E-state index in [0.717, 1.165) is 36.8 Å². The number of methoxy groups -OCH3 is 2. The molecule has 0 spiro atoms. The zero-order valence-electron chi connectivity index (χ0n) is 16.1. The highest BCUT2D eigenvalue weighted by Gasteiger charge is 2.42. The van der Waals surface area contributed by atoms with E-state index in [1.165, 1.54) is 26.4 Å². The predicted octanol–water partition coefficient (Wildman–Crippen LogP) is 3.75. The summed E-state index contributed by atoms with van der Waals surface area (Å²) in [6, 6.07) is 11.3. The number of carbonyl (C=O) groups is 2. The average Bonchev–Trinajstić information content (AvgIpc) is 3.23. The van der Waals surface area contributed by atoms with Crippen LogP contribution in [-0.2, 0) is 21.5 Å². The van der Waals surface area contributed by atoms with Crippen LogP contribution in [0.25, 0.3) is 0 Å². The molecule has 2 aromatic rings. The first-order valence-electron chi connectivity index (χ1n) is 9.30. The molecule has 0 atom stereocenters. The molecule has 1 aliphatic rings. The molecule has 0 aromatic heterocycles. The summed E-state index contributed by atoms with van der Waals surface area (Å²) in [6.45, 7) is 0.274. The minimum absolute atomic E-state index is 0.0768. The molecule has 0 radical (unpaired) electrons. The first-order chi connectivity index (χ1) is 13.5. The first-order valence-corrected chi connectivity index (χ1v) is 9.30. The van der Waals surface area contributed by atoms with Gasteiger partial charge in [0.2, 0.25) is 5.91 Å². The molecule has 0 unspecified atom stereocenters. The second kappa shape index (κ2) is 8.42. The van der Waals surface area contributed by atoms with Crippen molar-refractivity contribution >= 4 is 11.9 Å². The van der Waals surface area contributed by atoms with Crippen LogP contribution in [-0.4, -0.2) is 26.1 Å². The molecular formula is C22H24FNO4. The van der Waals surface area contributed by atoms with Crippen LogP contribution in [0.15, 0.2) is 42.5 Å². The van der Waals surface area contributed by atoms with Crippen LogP contribution in [0.1, 0.15) is 47.2 Å². The molecule has 148 valence electrons. The van der Waals surface area contributed by atoms with Crippen LogP contribution in [0.5, 0.6) is 5.75 Å². The van der Waals surface area contributed by atoms with Gasteiger partial charge in [0.1, 0.15) is 17.1 Å². The van der Waals surface area contributed by atoms with Gasteiger partial charge in [-0.15, -0.1) is 0 Å². The fraction of sp³-hybridized carbons (Fsp3) is 0.364. The minimum atomic E-state index is -0.634. The lowest BCUT2D eigenvalue weighted by Crippen LogP contribution is -2.42. The number of esters is 1. The molecule has 3 rings (SSSR count). The lowest BCUT2D eigenvalue weighted by Gasteiger charge is -2.28. The van der Waals surface area contributed by atoms with Crippen molar-refractivity contribution in [1.29, 1.82) is 0 Å². The van der Waals surface area contributed by atoms with Crippen LogP contribution >= 0.6 is 0 Å². The van der Waals surface area contributed by atoms with Crippen LogP contribution in [0.2, 0.25) is 0 Å². The normalized spacial score (nSPS) is 15.1. The average molecular weight is 385 g/mol. The number of hydrogen-bond donors (Lipinski definition) is 1. The lowest BCUT2D eigenvalue weighted by molar-refractivity contribution is -0.126. The van der Waals surface area contributed by atoms with Crippen LogP contribution in [0, 0.1) is 5.82 Å². The summed E-state index contributed by atoms with van der Waals surface area (Å²) in [5.41, 5.74) is 1.28. The van der Waals surface area contributed by atoms with E-state index in [1.807, 2.05) is 0 Å². The Morgan fingerprint density at radius 2 is 1.75 bits per heavy atom. The lowest BCUT2D eigenvalue weighted by atomic mass is 9.78. The molecule has 0 aliphatic heterocycles. The molecule has 1 fully saturated rings. The number of hydrogen-bond acceptors (Lipinski definition) is 4. The number of amides is 1. The number of halogens is 1. The van der Waals surface area contributed by atoms with Gasteiger partial charge in [-0.2, -0.15) is 0 Å². The number of nitrogens with one attached hydrogen (secondary N) is 1. The van der Waals surface area contributed by atoms with Crippen LogP contribution in [0.3, 0.4) is 0 Å². The highest BCUT2D eigenvalue weighted by atomic mass is 19.1. The van der Waals surface area contributed by atoms with Gasteiger partial charge in [-0.3, -0.25) is 4.79 Å². The van der Waals surface area contributed by atoms with E-state index in [-0.39, 0.29) is 18.3 Å². The molecular weight excluding hydrogens is 361 g/mol. The van der Waals surface area contributed by atoms with E-state index in [2.05, 4.69) is 5.32 Å². The van der Waals surface area contributed by atoms with Gasteiger partial charge in [0.15, 0.2) is 0 Å². The van der Waals surface area contributed by atoms with E-state index >= 15 is 0 Å². The summed E-state index contributed by atoms with van der Waals surface area (Å²) in [5, 5.41) is 2.99. The molecule has 1 amide bonds. The van der Waals surface area contributed by atoms with Crippen LogP contribution in [0.4, 0.5) is 4.39 Å². The SMILES string of the molecule is COC(=O)c1cc(CNC(=O)C2(c3ccc(F)cc3)CCCC2)ccc1OC. The molecule has 5 nitrogen and oxygen atoms in total. The van der Waals surface area contributed by atoms with Gasteiger partial charge in [-0.1, -0.05) is 31.0 Å². The van der Waals surface area contributed by atoms with Crippen LogP contribution < -0.4 is 10.1 Å². The molecule has 2 aromatic carbocycles. The highest BCUT2D eigenvalue weighted by molar-refractivity contribution is 5.93. The smallest absolute Gasteiger partial charge is 0.341 e. The van der Waals surface area contributed by atoms with Crippen molar-refractivity contribution in [2.75, 3.05) is 14.2 Å². The third kappa shape index (κ3) is 3.86. The van der Waals surface area contributed by atoms with E-state index in [9.17, 15) is 14.0 Å². The van der Waals surface area contributed by atoms with Crippen molar-refractivity contribution in [3.05, 3.63) is 65.0 Å². The van der Waals surface area contributed by atoms with E-state index in [0.29, 0.717) is 11.3 Å². The number of benzene rings is 2. The Kier molecular flexibility index (Phi) is 5.97. The molecule has 1 N–H and O–H groups in total. The van der Waals surface area contributed by atoms with Crippen molar-refractivity contribution < 1.29 is 23.5 Å². The maximum absolute atomic E-state index is 13.3. The zero-order chi connectivity index (χ0) is 20.1. The summed E-state index contributed by atoms with van der Waals surface area (Å²) in [7, 11) is 2.79. The van der Waals surface area contributed by atoms with Gasteiger partial charge >= 0.3 is 5.97 Å². The molecule has 0 heterocycles. The summed E-state index contributed by atoms with van der Waals surface area (Å²) in [4.78, 5) is 25.0. The quantitative estimate of drug-likeness (QED) is 0.770. The van der Waals surface area contributed by atoms with Crippen molar-refractivity contribution in [3.63, 3.8) is 0 Å². The topological polar surface area (TPSA) is 64.6 Å². The van der Waals surface area contributed by atoms with Crippen molar-refractivity contribution in [2.45, 2.75) is 37.6 Å².